The molecule has 2 spiro atoms. The van der Waals surface area contributed by atoms with Gasteiger partial charge in [0.2, 0.25) is 0 Å². The van der Waals surface area contributed by atoms with Crippen LogP contribution in [0.15, 0.2) is 0 Å². The zero-order valence-corrected chi connectivity index (χ0v) is 51.1. The number of aliphatic hydroxyl groups is 18. The van der Waals surface area contributed by atoms with Crippen molar-refractivity contribution >= 4 is 0 Å². The molecule has 0 aromatic heterocycles. The van der Waals surface area contributed by atoms with E-state index in [1.807, 2.05) is 6.92 Å². The fourth-order valence-electron chi connectivity index (χ4n) is 19.5. The SMILES string of the molecule is CC1OC(OCC2OC(OC3CCC45CC46CCC4(C)C(C7C(OC8OC(CO)C(O)C(O)C8OC8OC(CO)C(O)C(O)C8O)CC(C(C)(C)O)C7O)CCC4(C)C6CCC5C3(C)CO)C(OC3OC(C)C(O)C(O)C3O)C(O)C2O)C(O)C(O)C1O. The predicted octanol–water partition coefficient (Wildman–Crippen LogP) is -4.94. The normalized spacial score (nSPS) is 58.1. The van der Waals surface area contributed by atoms with Crippen LogP contribution in [-0.4, -0.2) is 296 Å². The Morgan fingerprint density at radius 3 is 1.52 bits per heavy atom. The molecule has 0 aromatic rings. The zero-order valence-electron chi connectivity index (χ0n) is 51.1. The number of hydrogen-bond donors (Lipinski definition) is 18. The number of aliphatic hydroxyl groups excluding tert-OH is 17. The van der Waals surface area contributed by atoms with E-state index in [9.17, 15) is 91.9 Å². The maximum atomic E-state index is 12.6. The van der Waals surface area contributed by atoms with Gasteiger partial charge in [-0.15, -0.1) is 0 Å². The second-order valence-corrected chi connectivity index (χ2v) is 29.5. The van der Waals surface area contributed by atoms with Crippen molar-refractivity contribution in [1.82, 2.24) is 0 Å². The average Bonchev–Trinajstić information content (AvgIpc) is 1.46. The maximum Gasteiger partial charge on any atom is 0.187 e. The lowest BCUT2D eigenvalue weighted by molar-refractivity contribution is -0.380. The summed E-state index contributed by atoms with van der Waals surface area (Å²) in [6, 6.07) is 0. The second-order valence-electron chi connectivity index (χ2n) is 29.5. The number of hydrogen-bond acceptors (Lipinski definition) is 28. The van der Waals surface area contributed by atoms with Crippen molar-refractivity contribution in [3.63, 3.8) is 0 Å². The number of fused-ring (bicyclic) bond motifs is 2. The summed E-state index contributed by atoms with van der Waals surface area (Å²) in [5.74, 6) is -1.45. The molecule has 6 saturated carbocycles. The molecule has 11 fully saturated rings. The molecular weight excluding hydrogens is 1170 g/mol. The fourth-order valence-corrected chi connectivity index (χ4v) is 19.5. The van der Waals surface area contributed by atoms with Gasteiger partial charge in [0.1, 0.15) is 110 Å². The van der Waals surface area contributed by atoms with Gasteiger partial charge < -0.3 is 139 Å². The van der Waals surface area contributed by atoms with E-state index in [0.29, 0.717) is 25.7 Å². The van der Waals surface area contributed by atoms with E-state index in [0.717, 1.165) is 32.1 Å². The summed E-state index contributed by atoms with van der Waals surface area (Å²) < 4.78 is 61.4. The summed E-state index contributed by atoms with van der Waals surface area (Å²) in [7, 11) is 0. The minimum absolute atomic E-state index is 0.0929. The first-order valence-corrected chi connectivity index (χ1v) is 31.9. The lowest BCUT2D eigenvalue weighted by atomic mass is 9.41. The summed E-state index contributed by atoms with van der Waals surface area (Å²) in [5, 5.41) is 198. The van der Waals surface area contributed by atoms with Gasteiger partial charge in [0, 0.05) is 17.3 Å². The van der Waals surface area contributed by atoms with Crippen molar-refractivity contribution in [1.29, 1.82) is 0 Å². The Morgan fingerprint density at radius 2 is 0.943 bits per heavy atom. The van der Waals surface area contributed by atoms with Gasteiger partial charge >= 0.3 is 0 Å². The van der Waals surface area contributed by atoms with Crippen molar-refractivity contribution in [2.75, 3.05) is 26.4 Å². The molecule has 38 unspecified atom stereocenters. The molecule has 0 aromatic carbocycles. The van der Waals surface area contributed by atoms with Gasteiger partial charge in [0.15, 0.2) is 31.5 Å². The van der Waals surface area contributed by atoms with Crippen molar-refractivity contribution in [2.24, 2.45) is 56.7 Å². The first kappa shape index (κ1) is 68.3. The Balaban J connectivity index is 0.835. The van der Waals surface area contributed by atoms with Gasteiger partial charge in [-0.3, -0.25) is 0 Å². The Bertz CT molecular complexity index is 2390. The van der Waals surface area contributed by atoms with E-state index in [1.54, 1.807) is 13.8 Å². The van der Waals surface area contributed by atoms with Gasteiger partial charge in [-0.1, -0.05) is 20.8 Å². The van der Waals surface area contributed by atoms with Gasteiger partial charge in [0.25, 0.3) is 0 Å². The summed E-state index contributed by atoms with van der Waals surface area (Å²) in [4.78, 5) is 0. The molecule has 508 valence electrons. The minimum Gasteiger partial charge on any atom is -0.396 e. The van der Waals surface area contributed by atoms with E-state index in [-0.39, 0.29) is 47.0 Å². The van der Waals surface area contributed by atoms with Crippen molar-refractivity contribution in [2.45, 2.75) is 290 Å². The van der Waals surface area contributed by atoms with Crippen LogP contribution >= 0.6 is 0 Å². The third-order valence-electron chi connectivity index (χ3n) is 24.9. The van der Waals surface area contributed by atoms with E-state index < -0.39 is 220 Å². The second kappa shape index (κ2) is 24.8. The third-order valence-corrected chi connectivity index (χ3v) is 24.9. The maximum absolute atomic E-state index is 12.6. The van der Waals surface area contributed by atoms with Crippen LogP contribution in [-0.2, 0) is 47.4 Å². The Morgan fingerprint density at radius 1 is 0.455 bits per heavy atom. The number of rotatable bonds is 16. The number of ether oxygens (including phenoxy) is 10. The molecule has 6 aliphatic carbocycles. The van der Waals surface area contributed by atoms with Crippen molar-refractivity contribution in [3.8, 4) is 0 Å². The van der Waals surface area contributed by atoms with E-state index in [2.05, 4.69) is 13.8 Å². The molecule has 11 rings (SSSR count). The van der Waals surface area contributed by atoms with E-state index >= 15 is 0 Å². The predicted molar refractivity (Wildman–Crippen MR) is 295 cm³/mol. The smallest absolute Gasteiger partial charge is 0.187 e. The topological polar surface area (TPSA) is 456 Å². The molecule has 28 heteroatoms. The van der Waals surface area contributed by atoms with Crippen LogP contribution in [0.3, 0.4) is 0 Å². The highest BCUT2D eigenvalue weighted by atomic mass is 16.8. The van der Waals surface area contributed by atoms with Crippen LogP contribution in [0.5, 0.6) is 0 Å². The quantitative estimate of drug-likeness (QED) is 0.0644. The monoisotopic (exact) mass is 1270 g/mol. The van der Waals surface area contributed by atoms with E-state index in [4.69, 9.17) is 47.4 Å². The lowest BCUT2D eigenvalue weighted by Crippen LogP contribution is -2.66. The highest BCUT2D eigenvalue weighted by Gasteiger charge is 2.83. The van der Waals surface area contributed by atoms with E-state index in [1.165, 1.54) is 13.8 Å². The summed E-state index contributed by atoms with van der Waals surface area (Å²) in [5.41, 5.74) is -3.46. The van der Waals surface area contributed by atoms with Crippen LogP contribution in [0.1, 0.15) is 113 Å². The third kappa shape index (κ3) is 10.8. The molecule has 5 heterocycles. The Labute approximate surface area is 511 Å². The van der Waals surface area contributed by atoms with Crippen molar-refractivity contribution < 1.29 is 139 Å². The van der Waals surface area contributed by atoms with Crippen LogP contribution < -0.4 is 0 Å². The van der Waals surface area contributed by atoms with Crippen LogP contribution in [0.4, 0.5) is 0 Å². The zero-order chi connectivity index (χ0) is 64.0. The molecule has 0 radical (unpaired) electrons. The molecule has 5 saturated heterocycles. The first-order valence-electron chi connectivity index (χ1n) is 31.9. The molecule has 0 amide bonds. The molecule has 28 nitrogen and oxygen atoms in total. The lowest BCUT2D eigenvalue weighted by Gasteiger charge is -2.64. The highest BCUT2D eigenvalue weighted by Crippen LogP contribution is 2.89. The molecule has 38 atom stereocenters. The van der Waals surface area contributed by atoms with Crippen molar-refractivity contribution in [3.05, 3.63) is 0 Å². The van der Waals surface area contributed by atoms with Gasteiger partial charge in [-0.2, -0.15) is 0 Å². The van der Waals surface area contributed by atoms with Crippen LogP contribution in [0.25, 0.3) is 0 Å². The molecule has 5 aliphatic heterocycles. The fraction of sp³-hybridized carbons (Fsp3) is 1.00. The highest BCUT2D eigenvalue weighted by molar-refractivity contribution is 5.31. The summed E-state index contributed by atoms with van der Waals surface area (Å²) >= 11 is 0. The van der Waals surface area contributed by atoms with Gasteiger partial charge in [-0.25, -0.2) is 0 Å². The summed E-state index contributed by atoms with van der Waals surface area (Å²) in [6.45, 7) is 10.4. The summed E-state index contributed by atoms with van der Waals surface area (Å²) in [6.07, 6.45) is -35.9. The molecule has 18 N–H and O–H groups in total. The van der Waals surface area contributed by atoms with Gasteiger partial charge in [-0.05, 0) is 131 Å². The molecule has 11 aliphatic rings. The minimum atomic E-state index is -1.89. The largest absolute Gasteiger partial charge is 0.396 e. The molecular formula is C60H100O28. The van der Waals surface area contributed by atoms with Crippen LogP contribution in [0.2, 0.25) is 0 Å². The Hall–Kier alpha value is -1.12. The average molecular weight is 1270 g/mol. The molecule has 0 bridgehead atoms. The standard InChI is InChI=1S/C60H100O28/c1-22-34(64)40(70)45(75)50(80-22)79-19-29-39(69)44(74)49(87-51-46(76)41(71)35(65)23(2)81-51)54(85-29)86-32-11-13-59-20-60(59)15-14-57(6)24(10-12-58(57,7)31(60)9-8-30(59)56(32,5)21-63)33-26(16-25(36(33)66)55(3,4)78)82-53-48(43(73)38(68)28(18-62)84-53)88-52-47(77)42(72)37(67)27(17-61)83-52/h22-54,61-78H,8-21H2,1-7H3. The van der Waals surface area contributed by atoms with Crippen LogP contribution in [0, 0.1) is 56.7 Å². The first-order chi connectivity index (χ1) is 41.3. The Kier molecular flexibility index (Phi) is 19.3. The van der Waals surface area contributed by atoms with Gasteiger partial charge in [0.05, 0.1) is 62.5 Å². The molecule has 88 heavy (non-hydrogen) atoms.